The summed E-state index contributed by atoms with van der Waals surface area (Å²) >= 11 is 0. The Balaban J connectivity index is 1.65. The SMILES string of the molecule is CCc1ccc(Nc2cc(N3CCN(C=O)CC3)nc(-c3ccccc3)n2)cc1. The summed E-state index contributed by atoms with van der Waals surface area (Å²) in [5.41, 5.74) is 3.28. The number of carbonyl (C=O) groups is 1. The number of nitrogens with zero attached hydrogens (tertiary/aromatic N) is 4. The Labute approximate surface area is 171 Å². The minimum atomic E-state index is 0.689. The number of anilines is 3. The second-order valence-corrected chi connectivity index (χ2v) is 7.10. The minimum Gasteiger partial charge on any atom is -0.353 e. The van der Waals surface area contributed by atoms with E-state index in [1.54, 1.807) is 4.90 Å². The molecule has 2 aromatic carbocycles. The summed E-state index contributed by atoms with van der Waals surface area (Å²) in [6.07, 6.45) is 1.93. The molecule has 1 aliphatic rings. The lowest BCUT2D eigenvalue weighted by atomic mass is 10.1. The summed E-state index contributed by atoms with van der Waals surface area (Å²) in [6, 6.07) is 20.4. The molecule has 1 saturated heterocycles. The second kappa shape index (κ2) is 8.73. The third-order valence-electron chi connectivity index (χ3n) is 5.17. The highest BCUT2D eigenvalue weighted by Crippen LogP contribution is 2.25. The predicted molar refractivity (Wildman–Crippen MR) is 116 cm³/mol. The fourth-order valence-electron chi connectivity index (χ4n) is 3.40. The van der Waals surface area contributed by atoms with E-state index in [0.717, 1.165) is 48.8 Å². The standard InChI is InChI=1S/C23H25N5O/c1-2-18-8-10-20(11-9-18)24-21-16-22(28-14-12-27(17-29)13-15-28)26-23(25-21)19-6-4-3-5-7-19/h3-11,16-17H,2,12-15H2,1H3,(H,24,25,26). The number of piperazine rings is 1. The van der Waals surface area contributed by atoms with E-state index in [4.69, 9.17) is 9.97 Å². The van der Waals surface area contributed by atoms with E-state index < -0.39 is 0 Å². The molecule has 0 aliphatic carbocycles. The molecule has 2 heterocycles. The van der Waals surface area contributed by atoms with Gasteiger partial charge in [0.1, 0.15) is 11.6 Å². The zero-order valence-electron chi connectivity index (χ0n) is 16.6. The molecule has 0 unspecified atom stereocenters. The third-order valence-corrected chi connectivity index (χ3v) is 5.17. The van der Waals surface area contributed by atoms with Crippen LogP contribution in [0.1, 0.15) is 12.5 Å². The van der Waals surface area contributed by atoms with Gasteiger partial charge in [-0.25, -0.2) is 9.97 Å². The number of aromatic nitrogens is 2. The maximum absolute atomic E-state index is 11.0. The van der Waals surface area contributed by atoms with E-state index in [2.05, 4.69) is 41.4 Å². The van der Waals surface area contributed by atoms with Crippen LogP contribution in [0.5, 0.6) is 0 Å². The smallest absolute Gasteiger partial charge is 0.209 e. The van der Waals surface area contributed by atoms with E-state index in [-0.39, 0.29) is 0 Å². The first-order chi connectivity index (χ1) is 14.2. The number of rotatable bonds is 6. The molecule has 148 valence electrons. The first-order valence-electron chi connectivity index (χ1n) is 10.00. The van der Waals surface area contributed by atoms with Crippen LogP contribution in [0.15, 0.2) is 60.7 Å². The van der Waals surface area contributed by atoms with E-state index >= 15 is 0 Å². The van der Waals surface area contributed by atoms with Crippen molar-refractivity contribution < 1.29 is 4.79 Å². The molecule has 0 radical (unpaired) electrons. The van der Waals surface area contributed by atoms with Crippen LogP contribution in [-0.2, 0) is 11.2 Å². The number of hydrogen-bond acceptors (Lipinski definition) is 5. The predicted octanol–water partition coefficient (Wildman–Crippen LogP) is 3.73. The van der Waals surface area contributed by atoms with Crippen molar-refractivity contribution in [3.63, 3.8) is 0 Å². The molecule has 0 saturated carbocycles. The third kappa shape index (κ3) is 4.54. The largest absolute Gasteiger partial charge is 0.353 e. The second-order valence-electron chi connectivity index (χ2n) is 7.10. The van der Waals surface area contributed by atoms with Crippen LogP contribution in [0.2, 0.25) is 0 Å². The molecule has 1 N–H and O–H groups in total. The summed E-state index contributed by atoms with van der Waals surface area (Å²) < 4.78 is 0. The molecule has 1 aliphatic heterocycles. The highest BCUT2D eigenvalue weighted by Gasteiger charge is 2.18. The van der Waals surface area contributed by atoms with Crippen molar-refractivity contribution in [3.05, 3.63) is 66.2 Å². The quantitative estimate of drug-likeness (QED) is 0.653. The summed E-state index contributed by atoms with van der Waals surface area (Å²) in [6.45, 7) is 5.07. The van der Waals surface area contributed by atoms with Gasteiger partial charge in [0.2, 0.25) is 6.41 Å². The fraction of sp³-hybridized carbons (Fsp3) is 0.261. The van der Waals surface area contributed by atoms with Crippen LogP contribution in [0.3, 0.4) is 0 Å². The van der Waals surface area contributed by atoms with Crippen LogP contribution < -0.4 is 10.2 Å². The Morgan fingerprint density at radius 2 is 1.69 bits per heavy atom. The van der Waals surface area contributed by atoms with Crippen molar-refractivity contribution in [1.82, 2.24) is 14.9 Å². The van der Waals surface area contributed by atoms with Crippen molar-refractivity contribution in [3.8, 4) is 11.4 Å². The number of nitrogens with one attached hydrogen (secondary N) is 1. The first-order valence-corrected chi connectivity index (χ1v) is 10.00. The molecular formula is C23H25N5O. The van der Waals surface area contributed by atoms with Crippen molar-refractivity contribution >= 4 is 23.7 Å². The van der Waals surface area contributed by atoms with Gasteiger partial charge in [0.25, 0.3) is 0 Å². The lowest BCUT2D eigenvalue weighted by molar-refractivity contribution is -0.118. The molecular weight excluding hydrogens is 362 g/mol. The van der Waals surface area contributed by atoms with Gasteiger partial charge in [-0.3, -0.25) is 4.79 Å². The Hall–Kier alpha value is -3.41. The van der Waals surface area contributed by atoms with Crippen LogP contribution in [0, 0.1) is 0 Å². The Morgan fingerprint density at radius 1 is 0.966 bits per heavy atom. The Kier molecular flexibility index (Phi) is 5.70. The zero-order chi connectivity index (χ0) is 20.1. The molecule has 29 heavy (non-hydrogen) atoms. The molecule has 4 rings (SSSR count). The van der Waals surface area contributed by atoms with Gasteiger partial charge in [-0.15, -0.1) is 0 Å². The highest BCUT2D eigenvalue weighted by atomic mass is 16.1. The topological polar surface area (TPSA) is 61.4 Å². The molecule has 6 heteroatoms. The number of benzene rings is 2. The van der Waals surface area contributed by atoms with Crippen LogP contribution in [0.4, 0.5) is 17.3 Å². The molecule has 0 spiro atoms. The van der Waals surface area contributed by atoms with Crippen molar-refractivity contribution in [1.29, 1.82) is 0 Å². The maximum Gasteiger partial charge on any atom is 0.209 e. The van der Waals surface area contributed by atoms with Gasteiger partial charge in [-0.1, -0.05) is 49.4 Å². The average molecular weight is 387 g/mol. The normalized spacial score (nSPS) is 14.0. The Morgan fingerprint density at radius 3 is 2.34 bits per heavy atom. The lowest BCUT2D eigenvalue weighted by Gasteiger charge is -2.33. The monoisotopic (exact) mass is 387 g/mol. The maximum atomic E-state index is 11.0. The van der Waals surface area contributed by atoms with Crippen LogP contribution >= 0.6 is 0 Å². The lowest BCUT2D eigenvalue weighted by Crippen LogP contribution is -2.46. The highest BCUT2D eigenvalue weighted by molar-refractivity contribution is 5.66. The first kappa shape index (κ1) is 18.9. The summed E-state index contributed by atoms with van der Waals surface area (Å²) in [5.74, 6) is 2.32. The van der Waals surface area contributed by atoms with E-state index in [1.165, 1.54) is 5.56 Å². The molecule has 1 fully saturated rings. The molecule has 6 nitrogen and oxygen atoms in total. The zero-order valence-corrected chi connectivity index (χ0v) is 16.6. The number of carbonyl (C=O) groups excluding carboxylic acids is 1. The summed E-state index contributed by atoms with van der Waals surface area (Å²) in [5, 5.41) is 3.42. The molecule has 3 aromatic rings. The van der Waals surface area contributed by atoms with Gasteiger partial charge >= 0.3 is 0 Å². The van der Waals surface area contributed by atoms with Gasteiger partial charge in [-0.05, 0) is 24.1 Å². The molecule has 1 aromatic heterocycles. The number of amides is 1. The molecule has 1 amide bonds. The van der Waals surface area contributed by atoms with Crippen molar-refractivity contribution in [2.45, 2.75) is 13.3 Å². The summed E-state index contributed by atoms with van der Waals surface area (Å²) in [4.78, 5) is 24.6. The number of aryl methyl sites for hydroxylation is 1. The van der Waals surface area contributed by atoms with Gasteiger partial charge in [-0.2, -0.15) is 0 Å². The summed E-state index contributed by atoms with van der Waals surface area (Å²) in [7, 11) is 0. The van der Waals surface area contributed by atoms with Crippen molar-refractivity contribution in [2.24, 2.45) is 0 Å². The van der Waals surface area contributed by atoms with E-state index in [1.807, 2.05) is 36.4 Å². The minimum absolute atomic E-state index is 0.689. The number of hydrogen-bond donors (Lipinski definition) is 1. The average Bonchev–Trinajstić information content (AvgIpc) is 2.80. The van der Waals surface area contributed by atoms with Crippen molar-refractivity contribution in [2.75, 3.05) is 36.4 Å². The Bertz CT molecular complexity index is 951. The van der Waals surface area contributed by atoms with Gasteiger partial charge in [0, 0.05) is 43.5 Å². The van der Waals surface area contributed by atoms with Crippen LogP contribution in [0.25, 0.3) is 11.4 Å². The fourth-order valence-corrected chi connectivity index (χ4v) is 3.40. The van der Waals surface area contributed by atoms with Gasteiger partial charge < -0.3 is 15.1 Å². The van der Waals surface area contributed by atoms with Gasteiger partial charge in [0.05, 0.1) is 0 Å². The molecule has 0 bridgehead atoms. The van der Waals surface area contributed by atoms with Gasteiger partial charge in [0.15, 0.2) is 5.82 Å². The molecule has 0 atom stereocenters. The van der Waals surface area contributed by atoms with E-state index in [9.17, 15) is 4.79 Å². The van der Waals surface area contributed by atoms with Crippen LogP contribution in [-0.4, -0.2) is 47.5 Å². The van der Waals surface area contributed by atoms with E-state index in [0.29, 0.717) is 18.9 Å².